The van der Waals surface area contributed by atoms with E-state index in [-0.39, 0.29) is 6.09 Å². The van der Waals surface area contributed by atoms with Crippen LogP contribution >= 0.6 is 0 Å². The highest BCUT2D eigenvalue weighted by atomic mass is 16.5. The highest BCUT2D eigenvalue weighted by Crippen LogP contribution is 2.10. The van der Waals surface area contributed by atoms with Crippen LogP contribution < -0.4 is 5.32 Å². The Hall–Kier alpha value is -1.55. The molecule has 4 heteroatoms. The molecule has 0 aliphatic carbocycles. The molecule has 0 radical (unpaired) electrons. The zero-order valence-corrected chi connectivity index (χ0v) is 15.5. The van der Waals surface area contributed by atoms with Crippen molar-refractivity contribution in [2.45, 2.75) is 57.8 Å². The topological polar surface area (TPSA) is 41.6 Å². The highest BCUT2D eigenvalue weighted by molar-refractivity contribution is 5.66. The summed E-state index contributed by atoms with van der Waals surface area (Å²) in [4.78, 5) is 14.2. The fourth-order valence-corrected chi connectivity index (χ4v) is 3.30. The van der Waals surface area contributed by atoms with E-state index in [1.807, 2.05) is 6.07 Å². The van der Waals surface area contributed by atoms with Crippen molar-refractivity contribution in [1.29, 1.82) is 0 Å². The van der Waals surface area contributed by atoms with Crippen molar-refractivity contribution in [1.82, 2.24) is 10.2 Å². The number of aryl methyl sites for hydroxylation is 1. The number of carbonyl (C=O) groups is 1. The summed E-state index contributed by atoms with van der Waals surface area (Å²) in [5.41, 5.74) is 1.36. The molecule has 1 aromatic carbocycles. The number of nitrogens with zero attached hydrogens (tertiary/aromatic N) is 1. The van der Waals surface area contributed by atoms with Gasteiger partial charge in [0.15, 0.2) is 0 Å². The Morgan fingerprint density at radius 3 is 2.56 bits per heavy atom. The molecule has 1 aliphatic rings. The van der Waals surface area contributed by atoms with Crippen molar-refractivity contribution in [2.75, 3.05) is 32.8 Å². The Bertz CT molecular complexity index is 458. The molecule has 25 heavy (non-hydrogen) atoms. The number of hydrogen-bond donors (Lipinski definition) is 1. The third-order valence-electron chi connectivity index (χ3n) is 4.80. The van der Waals surface area contributed by atoms with Gasteiger partial charge in [0.1, 0.15) is 0 Å². The van der Waals surface area contributed by atoms with Gasteiger partial charge in [0.25, 0.3) is 0 Å². The second-order valence-corrected chi connectivity index (χ2v) is 6.97. The van der Waals surface area contributed by atoms with Crippen molar-refractivity contribution in [3.05, 3.63) is 35.9 Å². The van der Waals surface area contributed by atoms with E-state index in [4.69, 9.17) is 4.74 Å². The third-order valence-corrected chi connectivity index (χ3v) is 4.80. The Morgan fingerprint density at radius 2 is 1.76 bits per heavy atom. The van der Waals surface area contributed by atoms with Crippen LogP contribution in [0.25, 0.3) is 0 Å². The number of unbranched alkanes of at least 4 members (excludes halogenated alkanes) is 3. The van der Waals surface area contributed by atoms with Crippen molar-refractivity contribution < 1.29 is 9.53 Å². The van der Waals surface area contributed by atoms with Gasteiger partial charge in [-0.15, -0.1) is 0 Å². The lowest BCUT2D eigenvalue weighted by Gasteiger charge is -2.26. The fourth-order valence-electron chi connectivity index (χ4n) is 3.30. The number of carbonyl (C=O) groups excluding carboxylic acids is 1. The predicted molar refractivity (Wildman–Crippen MR) is 103 cm³/mol. The number of alkyl carbamates (subject to hydrolysis) is 1. The molecule has 0 bridgehead atoms. The quantitative estimate of drug-likeness (QED) is 0.604. The summed E-state index contributed by atoms with van der Waals surface area (Å²) in [5, 5.41) is 2.84. The largest absolute Gasteiger partial charge is 0.450 e. The third kappa shape index (κ3) is 9.49. The van der Waals surface area contributed by atoms with E-state index in [0.29, 0.717) is 13.2 Å². The Kier molecular flexibility index (Phi) is 10.1. The summed E-state index contributed by atoms with van der Waals surface area (Å²) in [6, 6.07) is 10.5. The van der Waals surface area contributed by atoms with Gasteiger partial charge in [-0.1, -0.05) is 36.8 Å². The van der Waals surface area contributed by atoms with Crippen LogP contribution in [0.2, 0.25) is 0 Å². The van der Waals surface area contributed by atoms with Gasteiger partial charge in [-0.25, -0.2) is 4.79 Å². The maximum atomic E-state index is 11.6. The molecule has 0 spiro atoms. The van der Waals surface area contributed by atoms with E-state index in [2.05, 4.69) is 34.5 Å². The lowest BCUT2D eigenvalue weighted by molar-refractivity contribution is 0.143. The molecule has 1 aliphatic heterocycles. The molecular weight excluding hydrogens is 312 g/mol. The molecule has 1 heterocycles. The van der Waals surface area contributed by atoms with Crippen molar-refractivity contribution in [3.63, 3.8) is 0 Å². The molecule has 1 saturated heterocycles. The molecular formula is C21H34N2O2. The molecule has 1 aromatic rings. The Labute approximate surface area is 152 Å². The van der Waals surface area contributed by atoms with Gasteiger partial charge in [-0.05, 0) is 76.6 Å². The molecule has 0 saturated carbocycles. The first-order valence-electron chi connectivity index (χ1n) is 10.0. The molecule has 0 atom stereocenters. The van der Waals surface area contributed by atoms with Crippen LogP contribution in [0.1, 0.15) is 56.9 Å². The molecule has 1 N–H and O–H groups in total. The summed E-state index contributed by atoms with van der Waals surface area (Å²) >= 11 is 0. The number of nitrogens with one attached hydrogen (secondary N) is 1. The molecule has 0 unspecified atom stereocenters. The maximum Gasteiger partial charge on any atom is 0.407 e. The minimum absolute atomic E-state index is 0.268. The van der Waals surface area contributed by atoms with Crippen molar-refractivity contribution in [2.24, 2.45) is 0 Å². The molecule has 1 amide bonds. The minimum Gasteiger partial charge on any atom is -0.450 e. The van der Waals surface area contributed by atoms with E-state index in [1.165, 1.54) is 50.9 Å². The van der Waals surface area contributed by atoms with Gasteiger partial charge < -0.3 is 15.0 Å². The Balaban J connectivity index is 1.36. The lowest BCUT2D eigenvalue weighted by Crippen LogP contribution is -2.30. The van der Waals surface area contributed by atoms with Gasteiger partial charge in [0.2, 0.25) is 0 Å². The van der Waals surface area contributed by atoms with Gasteiger partial charge in [-0.3, -0.25) is 0 Å². The molecule has 4 nitrogen and oxygen atoms in total. The summed E-state index contributed by atoms with van der Waals surface area (Å²) in [6.45, 7) is 4.97. The van der Waals surface area contributed by atoms with Crippen LogP contribution in [0, 0.1) is 0 Å². The molecule has 140 valence electrons. The van der Waals surface area contributed by atoms with Gasteiger partial charge in [0.05, 0.1) is 6.61 Å². The van der Waals surface area contributed by atoms with Crippen molar-refractivity contribution in [3.8, 4) is 0 Å². The molecule has 2 rings (SSSR count). The minimum atomic E-state index is -0.268. The predicted octanol–water partition coefficient (Wildman–Crippen LogP) is 4.39. The van der Waals surface area contributed by atoms with Gasteiger partial charge >= 0.3 is 6.09 Å². The zero-order chi connectivity index (χ0) is 17.6. The maximum absolute atomic E-state index is 11.6. The standard InChI is InChI=1S/C21H34N2O2/c24-21(22-15-7-6-14-20-12-4-1-5-13-20)25-19-11-3-10-18-23-16-8-2-9-17-23/h1,4-5,12-13H,2-3,6-11,14-19H2,(H,22,24). The van der Waals surface area contributed by atoms with E-state index < -0.39 is 0 Å². The average Bonchev–Trinajstić information content (AvgIpc) is 2.66. The lowest BCUT2D eigenvalue weighted by atomic mass is 10.1. The van der Waals surface area contributed by atoms with Gasteiger partial charge in [-0.2, -0.15) is 0 Å². The summed E-state index contributed by atoms with van der Waals surface area (Å²) in [7, 11) is 0. The van der Waals surface area contributed by atoms with Crippen LogP contribution in [0.15, 0.2) is 30.3 Å². The van der Waals surface area contributed by atoms with E-state index in [9.17, 15) is 4.79 Å². The Morgan fingerprint density at radius 1 is 0.960 bits per heavy atom. The SMILES string of the molecule is O=C(NCCCCc1ccccc1)OCCCCCN1CCCCC1. The van der Waals surface area contributed by atoms with E-state index in [0.717, 1.165) is 32.1 Å². The second-order valence-electron chi connectivity index (χ2n) is 6.97. The van der Waals surface area contributed by atoms with Crippen LogP contribution in [-0.4, -0.2) is 43.8 Å². The first-order chi connectivity index (χ1) is 12.3. The number of hydrogen-bond acceptors (Lipinski definition) is 3. The first-order valence-corrected chi connectivity index (χ1v) is 10.0. The monoisotopic (exact) mass is 346 g/mol. The summed E-state index contributed by atoms with van der Waals surface area (Å²) in [6.07, 6.45) is 10.3. The number of rotatable bonds is 11. The first kappa shape index (κ1) is 19.8. The highest BCUT2D eigenvalue weighted by Gasteiger charge is 2.08. The zero-order valence-electron chi connectivity index (χ0n) is 15.5. The van der Waals surface area contributed by atoms with Crippen LogP contribution in [0.3, 0.4) is 0 Å². The van der Waals surface area contributed by atoms with Crippen LogP contribution in [0.4, 0.5) is 4.79 Å². The smallest absolute Gasteiger partial charge is 0.407 e. The normalized spacial score (nSPS) is 15.0. The van der Waals surface area contributed by atoms with E-state index in [1.54, 1.807) is 0 Å². The van der Waals surface area contributed by atoms with Crippen LogP contribution in [0.5, 0.6) is 0 Å². The van der Waals surface area contributed by atoms with Crippen molar-refractivity contribution >= 4 is 6.09 Å². The number of likely N-dealkylation sites (tertiary alicyclic amines) is 1. The number of ether oxygens (including phenoxy) is 1. The summed E-state index contributed by atoms with van der Waals surface area (Å²) in [5.74, 6) is 0. The second kappa shape index (κ2) is 12.8. The number of amides is 1. The number of piperidine rings is 1. The fraction of sp³-hybridized carbons (Fsp3) is 0.667. The summed E-state index contributed by atoms with van der Waals surface area (Å²) < 4.78 is 5.24. The van der Waals surface area contributed by atoms with E-state index >= 15 is 0 Å². The number of benzene rings is 1. The average molecular weight is 347 g/mol. The van der Waals surface area contributed by atoms with Gasteiger partial charge in [0, 0.05) is 6.54 Å². The molecule has 0 aromatic heterocycles. The van der Waals surface area contributed by atoms with Crippen LogP contribution in [-0.2, 0) is 11.2 Å². The molecule has 1 fully saturated rings.